The summed E-state index contributed by atoms with van der Waals surface area (Å²) in [7, 11) is 0. The minimum absolute atomic E-state index is 0.310. The second-order valence-electron chi connectivity index (χ2n) is 20.5. The fraction of sp³-hybridized carbons (Fsp3) is 0.0492. The Morgan fingerprint density at radius 2 is 0.265 bits per heavy atom. The smallest absolute Gasteiger partial charge is 0.200 e. The molecule has 0 spiro atoms. The van der Waals surface area contributed by atoms with E-state index in [2.05, 4.69) is 0 Å². The molecule has 10 rings (SSSR count). The standard InChI is InChI=1S/C61H5F41/c1-2-3(4-42(83)50(91)58(99)51(92)43(4)84)28(69)29(70)5(21(2)62)6-22(63)7(24(65)9(23(6)64)12-30(71)36(77)15(37(78)31(12)72)18-44(85)52(93)59(100)53(94)45(18)86)8-25(66)10(13-32(73)38(79)16(39(80)33(13)74)19-46(87)54(95)60(101)55(96)47(19)88)27(68)11(26(8)67)14-34(75)40(81)17(41(82)35(14)76)20-48(89)56(97)61(102)57(98)49(20)90/h54,60H,1H3. The van der Waals surface area contributed by atoms with E-state index in [0.717, 1.165) is 0 Å². The summed E-state index contributed by atoms with van der Waals surface area (Å²) < 4.78 is 647. The van der Waals surface area contributed by atoms with Gasteiger partial charge in [-0.1, -0.05) is 0 Å². The Kier molecular flexibility index (Phi) is 18.4. The molecule has 1 aliphatic rings. The summed E-state index contributed by atoms with van der Waals surface area (Å²) >= 11 is 0. The van der Waals surface area contributed by atoms with Crippen LogP contribution >= 0.6 is 0 Å². The van der Waals surface area contributed by atoms with Crippen molar-refractivity contribution in [1.29, 1.82) is 0 Å². The summed E-state index contributed by atoms with van der Waals surface area (Å²) in [4.78, 5) is 0. The van der Waals surface area contributed by atoms with E-state index >= 15 is 127 Å². The Morgan fingerprint density at radius 3 is 0.471 bits per heavy atom. The monoisotopic (exact) mass is 1520 g/mol. The van der Waals surface area contributed by atoms with Gasteiger partial charge in [-0.2, -0.15) is 0 Å². The van der Waals surface area contributed by atoms with Gasteiger partial charge in [0, 0.05) is 5.56 Å². The number of alkyl halides is 2. The van der Waals surface area contributed by atoms with Crippen molar-refractivity contribution < 1.29 is 180 Å². The van der Waals surface area contributed by atoms with Gasteiger partial charge < -0.3 is 0 Å². The van der Waals surface area contributed by atoms with E-state index in [-0.39, 0.29) is 6.92 Å². The molecule has 0 amide bonds. The highest BCUT2D eigenvalue weighted by Crippen LogP contribution is 2.55. The van der Waals surface area contributed by atoms with Gasteiger partial charge in [0.2, 0.25) is 17.5 Å². The summed E-state index contributed by atoms with van der Waals surface area (Å²) in [6.45, 7) is -0.310. The van der Waals surface area contributed by atoms with Crippen LogP contribution in [0.5, 0.6) is 0 Å². The summed E-state index contributed by atoms with van der Waals surface area (Å²) in [5.74, 6) is -143. The summed E-state index contributed by atoms with van der Waals surface area (Å²) in [5.41, 5.74) is -65.4. The van der Waals surface area contributed by atoms with Gasteiger partial charge in [-0.25, -0.2) is 180 Å². The fourth-order valence-electron chi connectivity index (χ4n) is 10.6. The second-order valence-corrected chi connectivity index (χ2v) is 20.5. The van der Waals surface area contributed by atoms with Crippen molar-refractivity contribution in [3.8, 4) is 89.0 Å². The molecule has 9 aromatic carbocycles. The number of hydrogen-bond acceptors (Lipinski definition) is 0. The van der Waals surface area contributed by atoms with E-state index in [4.69, 9.17) is 0 Å². The summed E-state index contributed by atoms with van der Waals surface area (Å²) in [6, 6.07) is 0. The molecule has 0 heterocycles. The highest BCUT2D eigenvalue weighted by Gasteiger charge is 2.48. The van der Waals surface area contributed by atoms with Crippen LogP contribution in [0.15, 0.2) is 17.5 Å². The molecule has 0 aliphatic heterocycles. The maximum atomic E-state index is 18.0. The first-order chi connectivity index (χ1) is 47.2. The molecule has 0 aromatic heterocycles. The first-order valence-electron chi connectivity index (χ1n) is 25.7. The molecular formula is C61H5F41. The summed E-state index contributed by atoms with van der Waals surface area (Å²) in [5, 5.41) is 0. The molecule has 0 bridgehead atoms. The van der Waals surface area contributed by atoms with Crippen LogP contribution in [0.1, 0.15) is 11.1 Å². The molecule has 0 radical (unpaired) electrons. The van der Waals surface area contributed by atoms with Crippen LogP contribution < -0.4 is 0 Å². The number of hydrogen-bond donors (Lipinski definition) is 0. The zero-order chi connectivity index (χ0) is 76.6. The average Bonchev–Trinajstić information content (AvgIpc) is 0.705. The Hall–Kier alpha value is -10.4. The van der Waals surface area contributed by atoms with E-state index in [1.54, 1.807) is 0 Å². The molecule has 536 valence electrons. The predicted molar refractivity (Wildman–Crippen MR) is 260 cm³/mol. The average molecular weight is 1520 g/mol. The van der Waals surface area contributed by atoms with Gasteiger partial charge in [-0.3, -0.25) is 0 Å². The van der Waals surface area contributed by atoms with Crippen molar-refractivity contribution in [2.24, 2.45) is 0 Å². The quantitative estimate of drug-likeness (QED) is 0.0768. The first kappa shape index (κ1) is 74.3. The molecule has 0 nitrogen and oxygen atoms in total. The van der Waals surface area contributed by atoms with Crippen molar-refractivity contribution in [3.63, 3.8) is 0 Å². The largest absolute Gasteiger partial charge is 0.236 e. The lowest BCUT2D eigenvalue weighted by molar-refractivity contribution is 0.170. The van der Waals surface area contributed by atoms with Crippen LogP contribution in [-0.4, -0.2) is 12.3 Å². The normalized spacial score (nSPS) is 14.3. The van der Waals surface area contributed by atoms with Crippen molar-refractivity contribution in [2.75, 3.05) is 0 Å². The topological polar surface area (TPSA) is 0 Å². The van der Waals surface area contributed by atoms with Crippen molar-refractivity contribution >= 4 is 5.57 Å². The van der Waals surface area contributed by atoms with Gasteiger partial charge in [0.15, 0.2) is 175 Å². The van der Waals surface area contributed by atoms with Crippen LogP contribution in [0.3, 0.4) is 0 Å². The van der Waals surface area contributed by atoms with E-state index < -0.39 is 345 Å². The van der Waals surface area contributed by atoms with Gasteiger partial charge in [0.25, 0.3) is 0 Å². The molecule has 2 unspecified atom stereocenters. The van der Waals surface area contributed by atoms with Gasteiger partial charge >= 0.3 is 0 Å². The zero-order valence-corrected chi connectivity index (χ0v) is 46.7. The SMILES string of the molecule is Cc1c(F)c(-c2c(F)c(-c3c(F)c(F)c(-c4c(F)c(F)c(F)c(F)c4F)c(F)c3F)c(F)c(-c3c(F)c(-c4c(F)c(F)c(C5=C(F)C(F)C(F)C(F)=C5F)c(F)c4F)c(F)c(-c4c(F)c(F)c(-c5c(F)c(F)c(F)c(F)c5F)c(F)c4F)c3F)c2F)c(F)c(F)c1-c1c(F)c(F)c(F)c(F)c1F. The molecule has 41 heteroatoms. The maximum Gasteiger partial charge on any atom is 0.200 e. The third-order valence-corrected chi connectivity index (χ3v) is 15.3. The van der Waals surface area contributed by atoms with Gasteiger partial charge in [-0.15, -0.1) is 0 Å². The molecule has 0 fully saturated rings. The third-order valence-electron chi connectivity index (χ3n) is 15.3. The molecule has 0 saturated carbocycles. The first-order valence-corrected chi connectivity index (χ1v) is 25.7. The Bertz CT molecular complexity index is 5060. The minimum Gasteiger partial charge on any atom is -0.236 e. The van der Waals surface area contributed by atoms with Gasteiger partial charge in [-0.05, 0) is 12.5 Å². The van der Waals surface area contributed by atoms with Crippen molar-refractivity contribution in [3.05, 3.63) is 238 Å². The number of allylic oxidation sites excluding steroid dienone is 4. The van der Waals surface area contributed by atoms with Gasteiger partial charge in [0.1, 0.15) is 46.5 Å². The molecule has 2 atom stereocenters. The lowest BCUT2D eigenvalue weighted by Gasteiger charge is -2.24. The fourth-order valence-corrected chi connectivity index (χ4v) is 10.6. The van der Waals surface area contributed by atoms with Crippen LogP contribution in [-0.2, 0) is 0 Å². The highest BCUT2D eigenvalue weighted by atomic mass is 19.2. The second kappa shape index (κ2) is 25.3. The number of benzene rings is 9. The Morgan fingerprint density at radius 1 is 0.137 bits per heavy atom. The molecule has 1 aliphatic carbocycles. The van der Waals surface area contributed by atoms with Crippen LogP contribution in [0.4, 0.5) is 180 Å². The van der Waals surface area contributed by atoms with Gasteiger partial charge in [0.05, 0.1) is 94.6 Å². The van der Waals surface area contributed by atoms with Crippen molar-refractivity contribution in [2.45, 2.75) is 19.3 Å². The van der Waals surface area contributed by atoms with Crippen LogP contribution in [0.25, 0.3) is 94.6 Å². The maximum absolute atomic E-state index is 18.0. The zero-order valence-electron chi connectivity index (χ0n) is 46.7. The van der Waals surface area contributed by atoms with E-state index in [0.29, 0.717) is 0 Å². The molecule has 0 saturated heterocycles. The molecule has 102 heavy (non-hydrogen) atoms. The lowest BCUT2D eigenvalue weighted by atomic mass is 9.84. The van der Waals surface area contributed by atoms with Crippen LogP contribution in [0.2, 0.25) is 0 Å². The lowest BCUT2D eigenvalue weighted by Crippen LogP contribution is -2.25. The highest BCUT2D eigenvalue weighted by molar-refractivity contribution is 5.92. The minimum atomic E-state index is -4.35. The van der Waals surface area contributed by atoms with E-state index in [9.17, 15) is 52.7 Å². The number of rotatable bonds is 9. The Labute approximate surface area is 531 Å². The van der Waals surface area contributed by atoms with Crippen LogP contribution in [0, 0.1) is 216 Å². The summed E-state index contributed by atoms with van der Waals surface area (Å²) in [6.07, 6.45) is -8.54. The third kappa shape index (κ3) is 9.97. The molecule has 9 aromatic rings. The van der Waals surface area contributed by atoms with Crippen molar-refractivity contribution in [1.82, 2.24) is 0 Å². The van der Waals surface area contributed by atoms with E-state index in [1.165, 1.54) is 0 Å². The molecular weight excluding hydrogens is 1510 g/mol. The number of halogens is 41. The van der Waals surface area contributed by atoms with E-state index in [1.807, 2.05) is 0 Å². The Balaban J connectivity index is 1.47. The predicted octanol–water partition coefficient (Wildman–Crippen LogP) is 22.9. The molecule has 0 N–H and O–H groups in total.